The van der Waals surface area contributed by atoms with Crippen molar-refractivity contribution in [3.05, 3.63) is 89.2 Å². The molecule has 24 heavy (non-hydrogen) atoms. The molecule has 0 unspecified atom stereocenters. The van der Waals surface area contributed by atoms with Crippen molar-refractivity contribution in [3.63, 3.8) is 0 Å². The van der Waals surface area contributed by atoms with Gasteiger partial charge in [0.05, 0.1) is 10.0 Å². The van der Waals surface area contributed by atoms with E-state index >= 15 is 0 Å². The molecule has 0 bridgehead atoms. The molecule has 0 amide bonds. The minimum absolute atomic E-state index is 0.724. The van der Waals surface area contributed by atoms with Gasteiger partial charge in [-0.1, -0.05) is 71.8 Å². The van der Waals surface area contributed by atoms with Crippen molar-refractivity contribution < 1.29 is 25.7 Å². The average molecular weight is 454 g/mol. The molecule has 0 spiro atoms. The van der Waals surface area contributed by atoms with E-state index in [1.807, 2.05) is 65.8 Å². The van der Waals surface area contributed by atoms with E-state index in [2.05, 4.69) is 21.3 Å². The molecule has 2 aromatic carbocycles. The summed E-state index contributed by atoms with van der Waals surface area (Å²) in [6, 6.07) is 16.7. The normalized spacial score (nSPS) is 12.7. The van der Waals surface area contributed by atoms with Crippen LogP contribution in [0.3, 0.4) is 0 Å². The second kappa shape index (κ2) is 12.6. The summed E-state index contributed by atoms with van der Waals surface area (Å²) in [5.74, 6) is 0. The van der Waals surface area contributed by atoms with Crippen molar-refractivity contribution in [3.8, 4) is 0 Å². The zero-order valence-electron chi connectivity index (χ0n) is 13.5. The molecular weight excluding hydrogens is 433 g/mol. The Labute approximate surface area is 159 Å². The summed E-state index contributed by atoms with van der Waals surface area (Å²) in [5.41, 5.74) is 9.80. The quantitative estimate of drug-likeness (QED) is 0.450. The maximum absolute atomic E-state index is 11.5. The third-order valence-electron chi connectivity index (χ3n) is 2.92. The number of rotatable bonds is 5. The number of nitrogens with one attached hydrogen (secondary N) is 1. The topological polar surface area (TPSA) is 72.0 Å². The van der Waals surface area contributed by atoms with Crippen molar-refractivity contribution in [2.24, 2.45) is 0 Å². The monoisotopic (exact) mass is 454 g/mol. The van der Waals surface area contributed by atoms with Crippen LogP contribution >= 0.6 is 9.69 Å². The molecule has 4 nitrogen and oxygen atoms in total. The van der Waals surface area contributed by atoms with Gasteiger partial charge in [0.1, 0.15) is 0 Å². The first-order valence-electron chi connectivity index (χ1n) is 7.04. The number of sulfonamides is 1. The minimum atomic E-state index is -3.52. The summed E-state index contributed by atoms with van der Waals surface area (Å²) < 4.78 is 26.8. The van der Waals surface area contributed by atoms with Crippen molar-refractivity contribution in [1.29, 1.82) is 0 Å². The van der Waals surface area contributed by atoms with Gasteiger partial charge in [-0.2, -0.15) is 6.92 Å². The third-order valence-corrected chi connectivity index (χ3v) is 3.53. The third kappa shape index (κ3) is 8.36. The van der Waals surface area contributed by atoms with Gasteiger partial charge >= 0.3 is 27.0 Å². The second-order valence-corrected chi connectivity index (χ2v) is 6.26. The molecule has 0 heterocycles. The van der Waals surface area contributed by atoms with Crippen LogP contribution in [-0.2, 0) is 27.3 Å². The van der Waals surface area contributed by atoms with Crippen molar-refractivity contribution in [2.75, 3.05) is 6.26 Å². The molecule has 0 fully saturated rings. The number of hydrogen-bond donors (Lipinski definition) is 0. The van der Waals surface area contributed by atoms with Gasteiger partial charge < -0.3 is 17.4 Å². The van der Waals surface area contributed by atoms with E-state index in [9.17, 15) is 8.42 Å². The SMILES string of the molecule is CS(=O)(=O)[N-][C@@H](c1ccccc1)[C@@H]([NH-])c1ccccc1.[CH2-]C.[Cl][Ru+3]. The Bertz CT molecular complexity index is 655. The van der Waals surface area contributed by atoms with Crippen LogP contribution in [0, 0.1) is 6.92 Å². The number of nitrogens with zero attached hydrogens (tertiary/aromatic N) is 1. The zero-order chi connectivity index (χ0) is 18.6. The fourth-order valence-corrected chi connectivity index (χ4v) is 2.67. The van der Waals surface area contributed by atoms with E-state index in [1.165, 1.54) is 0 Å². The van der Waals surface area contributed by atoms with Crippen LogP contribution in [0.15, 0.2) is 60.7 Å². The molecule has 0 radical (unpaired) electrons. The van der Waals surface area contributed by atoms with E-state index in [0.717, 1.165) is 17.4 Å². The molecule has 0 aliphatic carbocycles. The fourth-order valence-electron chi connectivity index (χ4n) is 2.01. The average Bonchev–Trinajstić information content (AvgIpc) is 2.63. The molecule has 7 heteroatoms. The van der Waals surface area contributed by atoms with Crippen LogP contribution in [0.4, 0.5) is 0 Å². The molecule has 0 aromatic heterocycles. The van der Waals surface area contributed by atoms with Gasteiger partial charge in [0.25, 0.3) is 0 Å². The Morgan fingerprint density at radius 3 is 1.71 bits per heavy atom. The van der Waals surface area contributed by atoms with E-state index in [4.69, 9.17) is 5.73 Å². The van der Waals surface area contributed by atoms with Gasteiger partial charge in [0, 0.05) is 6.26 Å². The molecule has 132 valence electrons. The first-order valence-corrected chi connectivity index (χ1v) is 11.1. The number of benzene rings is 2. The summed E-state index contributed by atoms with van der Waals surface area (Å²) in [6.45, 7) is 5.00. The zero-order valence-corrected chi connectivity index (χ0v) is 16.8. The first-order chi connectivity index (χ1) is 11.5. The van der Waals surface area contributed by atoms with Crippen molar-refractivity contribution >= 4 is 19.7 Å². The predicted molar refractivity (Wildman–Crippen MR) is 97.8 cm³/mol. The van der Waals surface area contributed by atoms with Gasteiger partial charge in [0.15, 0.2) is 0 Å². The molecule has 0 aliphatic rings. The summed E-state index contributed by atoms with van der Waals surface area (Å²) in [6.07, 6.45) is 1.06. The van der Waals surface area contributed by atoms with Gasteiger partial charge in [-0.05, 0) is 0 Å². The molecule has 2 aromatic rings. The molecule has 1 N–H and O–H groups in total. The second-order valence-electron chi connectivity index (χ2n) is 4.58. The molecule has 2 atom stereocenters. The van der Waals surface area contributed by atoms with E-state index in [1.54, 1.807) is 19.1 Å². The Balaban J connectivity index is 0.00000123. The van der Waals surface area contributed by atoms with E-state index < -0.39 is 22.1 Å². The van der Waals surface area contributed by atoms with E-state index in [0.29, 0.717) is 0 Å². The molecular formula is C17H21ClN2O2RuS. The summed E-state index contributed by atoms with van der Waals surface area (Å²) in [7, 11) is 1.05. The fraction of sp³-hybridized carbons (Fsp3) is 0.235. The standard InChI is InChI=1S/C15H16N2O2S.C2H5.ClH.Ru/c1-20(18,19)17-15(13-10-6-3-7-11-13)14(16)12-8-4-2-5-9-12;1-2;;/h2-11,14-16H,1H3;1H2,2H3;1H;/q-2;-1;;+4/p-1/t14-,15-;;;/m0.../s1. The van der Waals surface area contributed by atoms with Gasteiger partial charge in [-0.25, -0.2) is 8.42 Å². The van der Waals surface area contributed by atoms with Crippen LogP contribution in [0.1, 0.15) is 30.1 Å². The summed E-state index contributed by atoms with van der Waals surface area (Å²) in [4.78, 5) is 0. The number of hydrogen-bond acceptors (Lipinski definition) is 2. The first kappa shape index (κ1) is 23.2. The van der Waals surface area contributed by atoms with Crippen LogP contribution in [0.5, 0.6) is 0 Å². The van der Waals surface area contributed by atoms with Gasteiger partial charge in [0.2, 0.25) is 0 Å². The van der Waals surface area contributed by atoms with Crippen molar-refractivity contribution in [2.45, 2.75) is 19.0 Å². The van der Waals surface area contributed by atoms with Crippen LogP contribution in [0.25, 0.3) is 10.5 Å². The van der Waals surface area contributed by atoms with Gasteiger partial charge in [-0.15, -0.1) is 12.1 Å². The van der Waals surface area contributed by atoms with Crippen LogP contribution in [0.2, 0.25) is 0 Å². The Hall–Kier alpha value is -0.777. The predicted octanol–water partition coefficient (Wildman–Crippen LogP) is 5.38. The van der Waals surface area contributed by atoms with E-state index in [-0.39, 0.29) is 0 Å². The Morgan fingerprint density at radius 1 is 0.958 bits per heavy atom. The molecule has 0 saturated heterocycles. The van der Waals surface area contributed by atoms with Gasteiger partial charge in [-0.3, -0.25) is 0 Å². The Morgan fingerprint density at radius 2 is 1.33 bits per heavy atom. The summed E-state index contributed by atoms with van der Waals surface area (Å²) in [5, 5.41) is 0. The number of halogens is 1. The van der Waals surface area contributed by atoms with Crippen molar-refractivity contribution in [1.82, 2.24) is 0 Å². The maximum atomic E-state index is 11.5. The molecule has 0 aliphatic heterocycles. The summed E-state index contributed by atoms with van der Waals surface area (Å²) >= 11 is 1.82. The molecule has 0 saturated carbocycles. The van der Waals surface area contributed by atoms with Crippen LogP contribution < -0.4 is 0 Å². The molecule has 2 rings (SSSR count). The van der Waals surface area contributed by atoms with Crippen LogP contribution in [-0.4, -0.2) is 14.7 Å². The Kier molecular flexibility index (Phi) is 12.2.